The first kappa shape index (κ1) is 94.5. The number of ether oxygens (including phenoxy) is 4. The predicted octanol–water partition coefficient (Wildman–Crippen LogP) is 3.83. The molecule has 0 saturated heterocycles. The van der Waals surface area contributed by atoms with Crippen LogP contribution in [0.5, 0.6) is 23.0 Å². The summed E-state index contributed by atoms with van der Waals surface area (Å²) in [4.78, 5) is 105. The third-order valence-electron chi connectivity index (χ3n) is 15.1. The van der Waals surface area contributed by atoms with Crippen molar-refractivity contribution >= 4 is 158 Å². The lowest BCUT2D eigenvalue weighted by atomic mass is 10.1. The van der Waals surface area contributed by atoms with Crippen molar-refractivity contribution in [1.29, 1.82) is 0 Å². The number of nitrogens with one attached hydrogen (secondary N) is 8. The van der Waals surface area contributed by atoms with Crippen LogP contribution in [0.3, 0.4) is 0 Å². The maximum Gasteiger partial charge on any atom is 0.319 e. The Hall–Kier alpha value is -12.1. The normalized spacial score (nSPS) is 10.7. The molecular formula is C74H108N28O10S4. The molecule has 6 rings (SSSR count). The quantitative estimate of drug-likeness (QED) is 0.00848. The molecule has 0 radical (unpaired) electrons. The minimum absolute atomic E-state index is 0.00534. The second kappa shape index (κ2) is 51.6. The van der Waals surface area contributed by atoms with Gasteiger partial charge in [0.1, 0.15) is 49.4 Å². The van der Waals surface area contributed by atoms with Gasteiger partial charge in [-0.3, -0.25) is 48.9 Å². The average molecular weight is 1680 g/mol. The van der Waals surface area contributed by atoms with Gasteiger partial charge in [-0.25, -0.2) is 4.79 Å². The Bertz CT molecular complexity index is 4300. The van der Waals surface area contributed by atoms with Gasteiger partial charge in [-0.2, -0.15) is 0 Å². The van der Waals surface area contributed by atoms with Gasteiger partial charge in [-0.05, 0) is 99.0 Å². The number of amides is 7. The number of hydrogen-bond acceptors (Lipinski definition) is 26. The molecule has 6 aromatic carbocycles. The minimum atomic E-state index is -0.626. The van der Waals surface area contributed by atoms with Crippen LogP contribution in [0.2, 0.25) is 0 Å². The molecule has 0 fully saturated rings. The standard InChI is InChI=1S/C41H61N13O6S2.C33H47N15O4S2/c1-3-22-61-37-31(11-7-12-32(37)54-41(58)50-19-8-18-48-26(2)45)53-39(57)28-24-27(33(59-20-14-42)25-34(28)60-21-15-43)38(56)52-30-10-6-9-29(36(30)62-23-16-44)51-35(55)13-4-5-17-49-40(46)47;1-18(34)43-10-14-53-27-21(35)4-2-6-23(27)47-29(49)19-16-20(26(52-13-9-45-32(39)40)17-25(19)51-12-8-44-31(37)38)30(50)48-24-7-3-5-22(36)28(24)54-15-11-46-33(41)42/h6-7,9-12,24-25H,3-5,8,13-23,42-44H2,1-2H3,(H2,45,48)(H,51,55)(H,52,56)(H,53,57)(H4,46,47,49)(H2,50,54,58);2-7,16-17,43H,1,8-15,34-36H2,(H,47,49)(H,48,50)(H4,37,38,44)(H4,39,40,45)(H4,41,42,46). The number of urea groups is 1. The van der Waals surface area contributed by atoms with Crippen LogP contribution >= 0.6 is 47.0 Å². The SMILES string of the molecule is C=C(N)NCCSc1c(N)cccc1NC(=O)c1cc(C(=O)Nc2cccc(N)c2SCCN=C(N)N)c(OCCN=C(N)N)cc1OCCN=C(N)N.CCCSc1c(NC(=O)NCCCN=C(C)N)cccc1NC(=O)c1cc(C(=O)Nc2cccc(NC(=O)CCCCN=C(N)N)c2SCCN)c(OCCN)cc1OCCN. The Morgan fingerprint density at radius 2 is 0.776 bits per heavy atom. The Kier molecular flexibility index (Phi) is 42.0. The molecule has 0 aliphatic rings. The summed E-state index contributed by atoms with van der Waals surface area (Å²) < 4.78 is 23.8. The third-order valence-corrected chi connectivity index (χ3v) is 19.8. The first-order valence-corrected chi connectivity index (χ1v) is 40.4. The van der Waals surface area contributed by atoms with E-state index in [2.05, 4.69) is 74.1 Å². The minimum Gasteiger partial charge on any atom is -0.491 e. The fourth-order valence-corrected chi connectivity index (χ4v) is 13.7. The molecule has 0 bridgehead atoms. The molecule has 116 heavy (non-hydrogen) atoms. The number of nitrogens with two attached hydrogens (primary N) is 15. The van der Waals surface area contributed by atoms with E-state index in [4.69, 9.17) is 105 Å². The maximum atomic E-state index is 14.3. The van der Waals surface area contributed by atoms with Crippen molar-refractivity contribution < 1.29 is 47.7 Å². The van der Waals surface area contributed by atoms with Crippen LogP contribution in [0, 0.1) is 0 Å². The Balaban J connectivity index is 0.000000418. The number of hydrogen-bond donors (Lipinski definition) is 23. The number of thioether (sulfide) groups is 4. The van der Waals surface area contributed by atoms with E-state index in [1.54, 1.807) is 79.7 Å². The fourth-order valence-electron chi connectivity index (χ4n) is 10.0. The van der Waals surface area contributed by atoms with Gasteiger partial charge in [-0.15, -0.1) is 47.0 Å². The van der Waals surface area contributed by atoms with Gasteiger partial charge in [0.25, 0.3) is 23.6 Å². The molecule has 0 unspecified atom stereocenters. The zero-order valence-electron chi connectivity index (χ0n) is 64.8. The topological polar surface area (TPSA) is 688 Å². The number of unbranched alkanes of at least 4 members (excludes halogenated alkanes) is 1. The van der Waals surface area contributed by atoms with Crippen LogP contribution in [0.25, 0.3) is 0 Å². The average Bonchev–Trinajstić information content (AvgIpc) is 0.794. The van der Waals surface area contributed by atoms with Gasteiger partial charge in [0.15, 0.2) is 23.8 Å². The van der Waals surface area contributed by atoms with E-state index in [9.17, 15) is 28.8 Å². The molecule has 0 heterocycles. The number of anilines is 8. The summed E-state index contributed by atoms with van der Waals surface area (Å²) in [6.45, 7) is 10.3. The van der Waals surface area contributed by atoms with E-state index < -0.39 is 29.7 Å². The molecule has 6 aromatic rings. The van der Waals surface area contributed by atoms with Crippen LogP contribution in [0.15, 0.2) is 154 Å². The Morgan fingerprint density at radius 1 is 0.397 bits per heavy atom. The molecule has 0 atom stereocenters. The number of carbonyl (C=O) groups is 6. The molecule has 7 amide bonds. The number of guanidine groups is 4. The van der Waals surface area contributed by atoms with E-state index in [-0.39, 0.29) is 134 Å². The lowest BCUT2D eigenvalue weighted by Crippen LogP contribution is -2.30. The van der Waals surface area contributed by atoms with Gasteiger partial charge in [0.05, 0.1) is 107 Å². The number of carbonyl (C=O) groups excluding carboxylic acids is 6. The number of rotatable bonds is 48. The molecule has 0 aliphatic heterocycles. The summed E-state index contributed by atoms with van der Waals surface area (Å²) in [5.41, 5.74) is 88.3. The van der Waals surface area contributed by atoms with Crippen molar-refractivity contribution in [3.05, 3.63) is 132 Å². The maximum absolute atomic E-state index is 14.3. The lowest BCUT2D eigenvalue weighted by Gasteiger charge is -2.20. The zero-order valence-corrected chi connectivity index (χ0v) is 68.1. The van der Waals surface area contributed by atoms with Crippen molar-refractivity contribution in [1.82, 2.24) is 10.6 Å². The van der Waals surface area contributed by atoms with Crippen LogP contribution in [-0.4, -0.2) is 180 Å². The molecule has 0 spiro atoms. The summed E-state index contributed by atoms with van der Waals surface area (Å²) >= 11 is 5.57. The van der Waals surface area contributed by atoms with Crippen LogP contribution in [0.4, 0.5) is 50.3 Å². The van der Waals surface area contributed by atoms with Crippen LogP contribution in [0.1, 0.15) is 87.4 Å². The van der Waals surface area contributed by atoms with Crippen molar-refractivity contribution in [3.8, 4) is 23.0 Å². The highest BCUT2D eigenvalue weighted by Gasteiger charge is 2.28. The van der Waals surface area contributed by atoms with Crippen molar-refractivity contribution in [2.75, 3.05) is 158 Å². The summed E-state index contributed by atoms with van der Waals surface area (Å²) in [6.07, 6.45) is 2.83. The molecule has 0 aliphatic carbocycles. The lowest BCUT2D eigenvalue weighted by molar-refractivity contribution is -0.116. The first-order valence-electron chi connectivity index (χ1n) is 36.5. The number of nitrogens with zero attached hydrogens (tertiary/aromatic N) is 5. The Morgan fingerprint density at radius 3 is 1.20 bits per heavy atom. The molecule has 38 N–H and O–H groups in total. The van der Waals surface area contributed by atoms with E-state index in [0.29, 0.717) is 158 Å². The van der Waals surface area contributed by atoms with Gasteiger partial charge < -0.3 is 147 Å². The van der Waals surface area contributed by atoms with Crippen molar-refractivity contribution in [2.24, 2.45) is 99.5 Å². The summed E-state index contributed by atoms with van der Waals surface area (Å²) in [5.74, 6) is 0.342. The molecular weight excluding hydrogens is 1570 g/mol. The van der Waals surface area contributed by atoms with Gasteiger partial charge >= 0.3 is 6.03 Å². The smallest absolute Gasteiger partial charge is 0.319 e. The van der Waals surface area contributed by atoms with Crippen molar-refractivity contribution in [3.63, 3.8) is 0 Å². The van der Waals surface area contributed by atoms with Crippen LogP contribution in [-0.2, 0) is 4.79 Å². The molecule has 628 valence electrons. The molecule has 38 nitrogen and oxygen atoms in total. The molecule has 0 saturated carbocycles. The number of benzene rings is 6. The van der Waals surface area contributed by atoms with Gasteiger partial charge in [-0.1, -0.05) is 37.8 Å². The zero-order chi connectivity index (χ0) is 84.9. The monoisotopic (exact) mass is 1680 g/mol. The predicted molar refractivity (Wildman–Crippen MR) is 472 cm³/mol. The van der Waals surface area contributed by atoms with Gasteiger partial charge in [0, 0.05) is 93.0 Å². The Labute approximate surface area is 690 Å². The van der Waals surface area contributed by atoms with Gasteiger partial charge in [0.2, 0.25) is 5.91 Å². The molecule has 42 heteroatoms. The second-order valence-electron chi connectivity index (χ2n) is 24.4. The number of aliphatic imine (C=N–C) groups is 5. The second-order valence-corrected chi connectivity index (χ2v) is 28.8. The van der Waals surface area contributed by atoms with Crippen LogP contribution < -0.4 is 147 Å². The highest BCUT2D eigenvalue weighted by molar-refractivity contribution is 8.00. The third kappa shape index (κ3) is 33.5. The summed E-state index contributed by atoms with van der Waals surface area (Å²) in [6, 6.07) is 25.7. The van der Waals surface area contributed by atoms with E-state index in [1.807, 2.05) is 6.92 Å². The van der Waals surface area contributed by atoms with E-state index in [0.717, 1.165) is 6.42 Å². The fraction of sp³-hybridized carbons (Fsp3) is 0.338. The number of nitrogen functional groups attached to an aromatic ring is 2. The van der Waals surface area contributed by atoms with Crippen molar-refractivity contribution in [2.45, 2.75) is 65.5 Å². The highest BCUT2D eigenvalue weighted by Crippen LogP contribution is 2.41. The van der Waals surface area contributed by atoms with E-state index in [1.165, 1.54) is 71.3 Å². The largest absolute Gasteiger partial charge is 0.491 e. The summed E-state index contributed by atoms with van der Waals surface area (Å²) in [7, 11) is 0. The summed E-state index contributed by atoms with van der Waals surface area (Å²) in [5, 5.41) is 23.3. The first-order chi connectivity index (χ1) is 55.7. The number of amidine groups is 1. The highest BCUT2D eigenvalue weighted by atomic mass is 32.2. The van der Waals surface area contributed by atoms with E-state index >= 15 is 0 Å². The molecule has 0 aromatic heterocycles.